The molecule has 0 unspecified atom stereocenters. The lowest BCUT2D eigenvalue weighted by atomic mass is 10.2. The lowest BCUT2D eigenvalue weighted by Gasteiger charge is -1.95. The average Bonchev–Trinajstić information content (AvgIpc) is 3.07. The lowest BCUT2D eigenvalue weighted by Crippen LogP contribution is -1.83. The predicted octanol–water partition coefficient (Wildman–Crippen LogP) is 4.14. The van der Waals surface area contributed by atoms with Crippen molar-refractivity contribution in [1.82, 2.24) is 10.2 Å². The minimum absolute atomic E-state index is 0.348. The van der Waals surface area contributed by atoms with Crippen molar-refractivity contribution < 1.29 is 0 Å². The number of aromatic amines is 1. The summed E-state index contributed by atoms with van der Waals surface area (Å²) in [5.74, 6) is 0.348. The van der Waals surface area contributed by atoms with E-state index in [9.17, 15) is 0 Å². The minimum Gasteiger partial charge on any atom is -0.380 e. The normalized spacial score (nSPS) is 11.2. The molecule has 2 heterocycles. The van der Waals surface area contributed by atoms with E-state index in [1.807, 2.05) is 47.2 Å². The maximum atomic E-state index is 5.82. The molecule has 5 nitrogen and oxygen atoms in total. The second-order valence-electron chi connectivity index (χ2n) is 3.88. The summed E-state index contributed by atoms with van der Waals surface area (Å²) in [5, 5.41) is 19.2. The van der Waals surface area contributed by atoms with E-state index in [-0.39, 0.29) is 0 Å². The van der Waals surface area contributed by atoms with Gasteiger partial charge in [-0.15, -0.1) is 5.11 Å². The Hall–Kier alpha value is -2.47. The zero-order valence-electron chi connectivity index (χ0n) is 9.95. The smallest absolute Gasteiger partial charge is 0.173 e. The summed E-state index contributed by atoms with van der Waals surface area (Å²) in [5.41, 5.74) is 8.97. The van der Waals surface area contributed by atoms with E-state index in [1.165, 1.54) is 0 Å². The van der Waals surface area contributed by atoms with Crippen molar-refractivity contribution in [3.8, 4) is 11.3 Å². The van der Waals surface area contributed by atoms with Crippen LogP contribution in [-0.4, -0.2) is 10.2 Å². The highest BCUT2D eigenvalue weighted by Gasteiger charge is 2.12. The fraction of sp³-hybridized carbons (Fsp3) is 0. The van der Waals surface area contributed by atoms with Crippen LogP contribution in [0.1, 0.15) is 0 Å². The van der Waals surface area contributed by atoms with Crippen LogP contribution >= 0.6 is 11.3 Å². The van der Waals surface area contributed by atoms with Crippen molar-refractivity contribution >= 4 is 28.5 Å². The van der Waals surface area contributed by atoms with Gasteiger partial charge in [0.15, 0.2) is 11.5 Å². The van der Waals surface area contributed by atoms with E-state index >= 15 is 0 Å². The fourth-order valence-electron chi connectivity index (χ4n) is 1.66. The number of benzene rings is 1. The average molecular weight is 269 g/mol. The molecule has 0 aliphatic heterocycles. The third-order valence-electron chi connectivity index (χ3n) is 2.60. The highest BCUT2D eigenvalue weighted by molar-refractivity contribution is 7.08. The van der Waals surface area contributed by atoms with E-state index in [0.717, 1.165) is 16.9 Å². The molecule has 6 heteroatoms. The van der Waals surface area contributed by atoms with Crippen LogP contribution in [0.2, 0.25) is 0 Å². The Kier molecular flexibility index (Phi) is 3.07. The predicted molar refractivity (Wildman–Crippen MR) is 76.9 cm³/mol. The summed E-state index contributed by atoms with van der Waals surface area (Å²) in [6.07, 6.45) is 0. The van der Waals surface area contributed by atoms with E-state index in [2.05, 4.69) is 20.4 Å². The van der Waals surface area contributed by atoms with Crippen molar-refractivity contribution in [2.45, 2.75) is 0 Å². The standard InChI is InChI=1S/C13H11N5S/c14-13-12(17-15-10-4-2-1-3-5-10)11(16-18-13)9-6-7-19-8-9/h1-8H,(H3,14,16,18). The van der Waals surface area contributed by atoms with Crippen LogP contribution in [0, 0.1) is 0 Å². The zero-order valence-corrected chi connectivity index (χ0v) is 10.8. The number of aromatic nitrogens is 2. The van der Waals surface area contributed by atoms with Gasteiger partial charge in [0.25, 0.3) is 0 Å². The van der Waals surface area contributed by atoms with Gasteiger partial charge in [0.1, 0.15) is 0 Å². The number of nitrogens with one attached hydrogen (secondary N) is 1. The zero-order chi connectivity index (χ0) is 13.1. The summed E-state index contributed by atoms with van der Waals surface area (Å²) >= 11 is 1.61. The lowest BCUT2D eigenvalue weighted by molar-refractivity contribution is 1.10. The minimum atomic E-state index is 0.348. The van der Waals surface area contributed by atoms with Gasteiger partial charge in [-0.3, -0.25) is 5.10 Å². The molecule has 0 saturated heterocycles. The van der Waals surface area contributed by atoms with Crippen molar-refractivity contribution in [2.75, 3.05) is 5.73 Å². The summed E-state index contributed by atoms with van der Waals surface area (Å²) < 4.78 is 0. The molecular weight excluding hydrogens is 258 g/mol. The van der Waals surface area contributed by atoms with Crippen molar-refractivity contribution in [1.29, 1.82) is 0 Å². The van der Waals surface area contributed by atoms with Gasteiger partial charge >= 0.3 is 0 Å². The van der Waals surface area contributed by atoms with Crippen LogP contribution in [-0.2, 0) is 0 Å². The molecule has 3 rings (SSSR count). The molecule has 1 aromatic carbocycles. The third kappa shape index (κ3) is 2.38. The van der Waals surface area contributed by atoms with E-state index in [4.69, 9.17) is 5.73 Å². The second kappa shape index (κ2) is 5.03. The molecular formula is C13H11N5S. The quantitative estimate of drug-likeness (QED) is 0.701. The molecule has 3 N–H and O–H groups in total. The van der Waals surface area contributed by atoms with Crippen LogP contribution < -0.4 is 5.73 Å². The molecule has 0 spiro atoms. The highest BCUT2D eigenvalue weighted by atomic mass is 32.1. The number of rotatable bonds is 3. The monoisotopic (exact) mass is 269 g/mol. The molecule has 0 radical (unpaired) electrons. The van der Waals surface area contributed by atoms with Crippen LogP contribution in [0.25, 0.3) is 11.3 Å². The first-order valence-electron chi connectivity index (χ1n) is 5.68. The van der Waals surface area contributed by atoms with Gasteiger partial charge in [0.2, 0.25) is 0 Å². The maximum absolute atomic E-state index is 5.82. The van der Waals surface area contributed by atoms with Crippen molar-refractivity contribution in [3.05, 3.63) is 47.2 Å². The van der Waals surface area contributed by atoms with Crippen LogP contribution in [0.15, 0.2) is 57.4 Å². The van der Waals surface area contributed by atoms with Gasteiger partial charge in [0, 0.05) is 10.9 Å². The number of nitrogen functional groups attached to an aromatic ring is 1. The van der Waals surface area contributed by atoms with Crippen molar-refractivity contribution in [2.24, 2.45) is 10.2 Å². The van der Waals surface area contributed by atoms with Gasteiger partial charge in [-0.25, -0.2) is 0 Å². The largest absolute Gasteiger partial charge is 0.380 e. The SMILES string of the molecule is Nc1n[nH]c(-c2ccsc2)c1N=Nc1ccccc1. The highest BCUT2D eigenvalue weighted by Crippen LogP contribution is 2.34. The molecule has 3 aromatic rings. The summed E-state index contributed by atoms with van der Waals surface area (Å²) in [4.78, 5) is 0. The number of nitrogens with two attached hydrogens (primary N) is 1. The number of thiophene rings is 1. The molecule has 19 heavy (non-hydrogen) atoms. The maximum Gasteiger partial charge on any atom is 0.173 e. The Bertz CT molecular complexity index is 685. The van der Waals surface area contributed by atoms with Crippen molar-refractivity contribution in [3.63, 3.8) is 0 Å². The van der Waals surface area contributed by atoms with Gasteiger partial charge < -0.3 is 5.73 Å². The summed E-state index contributed by atoms with van der Waals surface area (Å²) in [7, 11) is 0. The molecule has 0 aliphatic carbocycles. The summed E-state index contributed by atoms with van der Waals surface area (Å²) in [6, 6.07) is 11.5. The first kappa shape index (κ1) is 11.6. The molecule has 0 amide bonds. The second-order valence-corrected chi connectivity index (χ2v) is 4.66. The molecule has 0 bridgehead atoms. The van der Waals surface area contributed by atoms with Gasteiger partial charge in [-0.2, -0.15) is 21.5 Å². The van der Waals surface area contributed by atoms with Gasteiger partial charge in [0.05, 0.1) is 11.4 Å². The van der Waals surface area contributed by atoms with E-state index in [0.29, 0.717) is 11.5 Å². The Balaban J connectivity index is 1.97. The molecule has 94 valence electrons. The van der Waals surface area contributed by atoms with E-state index in [1.54, 1.807) is 11.3 Å². The van der Waals surface area contributed by atoms with Gasteiger partial charge in [-0.1, -0.05) is 18.2 Å². The molecule has 0 aliphatic rings. The molecule has 0 saturated carbocycles. The first-order valence-corrected chi connectivity index (χ1v) is 6.62. The van der Waals surface area contributed by atoms with Gasteiger partial charge in [-0.05, 0) is 23.6 Å². The Labute approximate surface area is 113 Å². The Morgan fingerprint density at radius 3 is 2.68 bits per heavy atom. The first-order chi connectivity index (χ1) is 9.34. The number of hydrogen-bond donors (Lipinski definition) is 2. The van der Waals surface area contributed by atoms with Crippen LogP contribution in [0.4, 0.5) is 17.2 Å². The molecule has 2 aromatic heterocycles. The Morgan fingerprint density at radius 2 is 1.95 bits per heavy atom. The molecule has 0 atom stereocenters. The number of hydrogen-bond acceptors (Lipinski definition) is 5. The topological polar surface area (TPSA) is 79.4 Å². The number of azo groups is 1. The molecule has 0 fully saturated rings. The van der Waals surface area contributed by atoms with E-state index < -0.39 is 0 Å². The number of nitrogens with zero attached hydrogens (tertiary/aromatic N) is 3. The number of anilines is 1. The Morgan fingerprint density at radius 1 is 1.11 bits per heavy atom. The summed E-state index contributed by atoms with van der Waals surface area (Å²) in [6.45, 7) is 0. The fourth-order valence-corrected chi connectivity index (χ4v) is 2.31. The van der Waals surface area contributed by atoms with Crippen LogP contribution in [0.3, 0.4) is 0 Å². The third-order valence-corrected chi connectivity index (χ3v) is 3.28. The van der Waals surface area contributed by atoms with Crippen LogP contribution in [0.5, 0.6) is 0 Å². The number of H-pyrrole nitrogens is 1.